The number of rotatable bonds is 1. The third-order valence-corrected chi connectivity index (χ3v) is 3.48. The SMILES string of the molecule is CC(C)(C)OC(=O)n1ccc2cc(N)cc(-c3ccccc3)c21. The molecule has 0 fully saturated rings. The van der Waals surface area contributed by atoms with Crippen molar-refractivity contribution in [3.63, 3.8) is 0 Å². The number of carbonyl (C=O) groups excluding carboxylic acids is 1. The van der Waals surface area contributed by atoms with Crippen LogP contribution in [0.5, 0.6) is 0 Å². The van der Waals surface area contributed by atoms with E-state index < -0.39 is 11.7 Å². The Morgan fingerprint density at radius 3 is 2.43 bits per heavy atom. The van der Waals surface area contributed by atoms with Gasteiger partial charge in [-0.15, -0.1) is 0 Å². The minimum Gasteiger partial charge on any atom is -0.443 e. The molecule has 4 nitrogen and oxygen atoms in total. The van der Waals surface area contributed by atoms with Gasteiger partial charge < -0.3 is 10.5 Å². The second-order valence-corrected chi connectivity index (χ2v) is 6.54. The minimum atomic E-state index is -0.547. The van der Waals surface area contributed by atoms with E-state index in [4.69, 9.17) is 10.5 Å². The average molecular weight is 308 g/mol. The molecule has 4 heteroatoms. The van der Waals surface area contributed by atoms with Crippen LogP contribution >= 0.6 is 0 Å². The van der Waals surface area contributed by atoms with Crippen molar-refractivity contribution < 1.29 is 9.53 Å². The topological polar surface area (TPSA) is 57.2 Å². The van der Waals surface area contributed by atoms with Crippen LogP contribution in [0.2, 0.25) is 0 Å². The van der Waals surface area contributed by atoms with Crippen molar-refractivity contribution in [2.75, 3.05) is 5.73 Å². The molecule has 0 aliphatic heterocycles. The molecule has 1 heterocycles. The second kappa shape index (κ2) is 5.47. The van der Waals surface area contributed by atoms with Crippen LogP contribution in [0, 0.1) is 0 Å². The van der Waals surface area contributed by atoms with E-state index in [-0.39, 0.29) is 0 Å². The van der Waals surface area contributed by atoms with Crippen molar-refractivity contribution in [3.05, 3.63) is 54.7 Å². The fourth-order valence-electron chi connectivity index (χ4n) is 2.61. The number of nitrogens with zero attached hydrogens (tertiary/aromatic N) is 1. The van der Waals surface area contributed by atoms with Crippen molar-refractivity contribution in [1.82, 2.24) is 4.57 Å². The van der Waals surface area contributed by atoms with Crippen molar-refractivity contribution in [2.24, 2.45) is 0 Å². The summed E-state index contributed by atoms with van der Waals surface area (Å²) in [4.78, 5) is 12.5. The molecule has 1 aromatic heterocycles. The first kappa shape index (κ1) is 15.2. The molecular weight excluding hydrogens is 288 g/mol. The Labute approximate surface area is 135 Å². The summed E-state index contributed by atoms with van der Waals surface area (Å²) >= 11 is 0. The van der Waals surface area contributed by atoms with Crippen LogP contribution in [-0.2, 0) is 4.74 Å². The predicted octanol–water partition coefficient (Wildman–Crippen LogP) is 4.67. The zero-order chi connectivity index (χ0) is 16.6. The van der Waals surface area contributed by atoms with Gasteiger partial charge in [-0.3, -0.25) is 4.57 Å². The monoisotopic (exact) mass is 308 g/mol. The average Bonchev–Trinajstić information content (AvgIpc) is 2.89. The molecule has 0 saturated heterocycles. The molecular formula is C19H20N2O2. The van der Waals surface area contributed by atoms with Gasteiger partial charge in [0, 0.05) is 22.8 Å². The number of ether oxygens (including phenoxy) is 1. The van der Waals surface area contributed by atoms with Gasteiger partial charge in [0.25, 0.3) is 0 Å². The summed E-state index contributed by atoms with van der Waals surface area (Å²) in [6, 6.07) is 15.5. The van der Waals surface area contributed by atoms with E-state index >= 15 is 0 Å². The lowest BCUT2D eigenvalue weighted by Crippen LogP contribution is -2.26. The molecule has 0 bridgehead atoms. The van der Waals surface area contributed by atoms with Crippen LogP contribution < -0.4 is 5.73 Å². The van der Waals surface area contributed by atoms with Gasteiger partial charge in [-0.25, -0.2) is 4.79 Å². The zero-order valence-electron chi connectivity index (χ0n) is 13.5. The molecule has 0 unspecified atom stereocenters. The van der Waals surface area contributed by atoms with Crippen molar-refractivity contribution in [3.8, 4) is 11.1 Å². The number of carbonyl (C=O) groups is 1. The van der Waals surface area contributed by atoms with Gasteiger partial charge in [-0.05, 0) is 44.5 Å². The van der Waals surface area contributed by atoms with Gasteiger partial charge in [0.15, 0.2) is 0 Å². The van der Waals surface area contributed by atoms with Crippen LogP contribution in [-0.4, -0.2) is 16.3 Å². The summed E-state index contributed by atoms with van der Waals surface area (Å²) in [7, 11) is 0. The number of fused-ring (bicyclic) bond motifs is 1. The molecule has 0 amide bonds. The summed E-state index contributed by atoms with van der Waals surface area (Å²) in [6.07, 6.45) is 1.33. The van der Waals surface area contributed by atoms with Gasteiger partial charge in [0.05, 0.1) is 5.52 Å². The molecule has 3 rings (SSSR count). The molecule has 2 N–H and O–H groups in total. The van der Waals surface area contributed by atoms with Crippen LogP contribution in [0.25, 0.3) is 22.0 Å². The maximum Gasteiger partial charge on any atom is 0.419 e. The van der Waals surface area contributed by atoms with Gasteiger partial charge >= 0.3 is 6.09 Å². The fraction of sp³-hybridized carbons (Fsp3) is 0.211. The molecule has 0 radical (unpaired) electrons. The highest BCUT2D eigenvalue weighted by molar-refractivity contribution is 6.01. The van der Waals surface area contributed by atoms with E-state index in [1.807, 2.05) is 69.3 Å². The highest BCUT2D eigenvalue weighted by atomic mass is 16.6. The lowest BCUT2D eigenvalue weighted by Gasteiger charge is -2.20. The zero-order valence-corrected chi connectivity index (χ0v) is 13.5. The highest BCUT2D eigenvalue weighted by Gasteiger charge is 2.20. The number of nitrogens with two attached hydrogens (primary N) is 1. The fourth-order valence-corrected chi connectivity index (χ4v) is 2.61. The molecule has 0 saturated carbocycles. The smallest absolute Gasteiger partial charge is 0.419 e. The molecule has 0 aliphatic carbocycles. The van der Waals surface area contributed by atoms with E-state index in [9.17, 15) is 4.79 Å². The van der Waals surface area contributed by atoms with E-state index in [0.29, 0.717) is 5.69 Å². The quantitative estimate of drug-likeness (QED) is 0.664. The highest BCUT2D eigenvalue weighted by Crippen LogP contribution is 2.32. The summed E-state index contributed by atoms with van der Waals surface area (Å²) in [6.45, 7) is 5.56. The van der Waals surface area contributed by atoms with Gasteiger partial charge in [0.2, 0.25) is 0 Å². The molecule has 118 valence electrons. The number of nitrogen functional groups attached to an aromatic ring is 1. The van der Waals surface area contributed by atoms with Crippen LogP contribution in [0.4, 0.5) is 10.5 Å². The Bertz CT molecular complexity index is 858. The Kier molecular flexibility index (Phi) is 3.60. The van der Waals surface area contributed by atoms with Crippen molar-refractivity contribution in [1.29, 1.82) is 0 Å². The largest absolute Gasteiger partial charge is 0.443 e. The summed E-state index contributed by atoms with van der Waals surface area (Å²) < 4.78 is 7.05. The van der Waals surface area contributed by atoms with Gasteiger partial charge in [-0.1, -0.05) is 30.3 Å². The molecule has 2 aromatic carbocycles. The Balaban J connectivity index is 2.20. The maximum atomic E-state index is 12.5. The van der Waals surface area contributed by atoms with Gasteiger partial charge in [-0.2, -0.15) is 0 Å². The lowest BCUT2D eigenvalue weighted by atomic mass is 10.0. The van der Waals surface area contributed by atoms with Crippen LogP contribution in [0.1, 0.15) is 20.8 Å². The van der Waals surface area contributed by atoms with E-state index in [1.54, 1.807) is 10.8 Å². The van der Waals surface area contributed by atoms with Crippen LogP contribution in [0.15, 0.2) is 54.7 Å². The van der Waals surface area contributed by atoms with E-state index in [0.717, 1.165) is 22.0 Å². The van der Waals surface area contributed by atoms with Crippen LogP contribution in [0.3, 0.4) is 0 Å². The number of anilines is 1. The first-order valence-electron chi connectivity index (χ1n) is 7.54. The number of aromatic nitrogens is 1. The maximum absolute atomic E-state index is 12.5. The minimum absolute atomic E-state index is 0.394. The molecule has 0 spiro atoms. The number of benzene rings is 2. The standard InChI is InChI=1S/C19H20N2O2/c1-19(2,3)23-18(22)21-10-9-14-11-15(20)12-16(17(14)21)13-7-5-4-6-8-13/h4-12H,20H2,1-3H3. The Morgan fingerprint density at radius 2 is 1.78 bits per heavy atom. The van der Waals surface area contributed by atoms with E-state index in [1.165, 1.54) is 0 Å². The number of hydrogen-bond donors (Lipinski definition) is 1. The molecule has 3 aromatic rings. The first-order chi connectivity index (χ1) is 10.8. The van der Waals surface area contributed by atoms with Crippen molar-refractivity contribution >= 4 is 22.7 Å². The van der Waals surface area contributed by atoms with E-state index in [2.05, 4.69) is 0 Å². The Morgan fingerprint density at radius 1 is 1.09 bits per heavy atom. The molecule has 0 aliphatic rings. The normalized spacial score (nSPS) is 11.6. The number of hydrogen-bond acceptors (Lipinski definition) is 3. The third kappa shape index (κ3) is 3.06. The summed E-state index contributed by atoms with van der Waals surface area (Å²) in [5.74, 6) is 0. The molecule has 23 heavy (non-hydrogen) atoms. The van der Waals surface area contributed by atoms with Crippen molar-refractivity contribution in [2.45, 2.75) is 26.4 Å². The third-order valence-electron chi connectivity index (χ3n) is 3.48. The predicted molar refractivity (Wildman–Crippen MR) is 93.4 cm³/mol. The summed E-state index contributed by atoms with van der Waals surface area (Å²) in [5, 5.41) is 0.912. The Hall–Kier alpha value is -2.75. The first-order valence-corrected chi connectivity index (χ1v) is 7.54. The van der Waals surface area contributed by atoms with Gasteiger partial charge in [0.1, 0.15) is 5.60 Å². The second-order valence-electron chi connectivity index (χ2n) is 6.54. The lowest BCUT2D eigenvalue weighted by molar-refractivity contribution is 0.0544. The summed E-state index contributed by atoms with van der Waals surface area (Å²) in [5.41, 5.74) is 8.87. The molecule has 0 atom stereocenters.